The lowest BCUT2D eigenvalue weighted by Gasteiger charge is -2.25. The van der Waals surface area contributed by atoms with E-state index in [1.54, 1.807) is 11.1 Å². The second kappa shape index (κ2) is 5.91. The molecule has 2 aliphatic heterocycles. The first-order valence-corrected chi connectivity index (χ1v) is 8.29. The summed E-state index contributed by atoms with van der Waals surface area (Å²) in [6.07, 6.45) is 3.62. The summed E-state index contributed by atoms with van der Waals surface area (Å²) in [6, 6.07) is 9.59. The van der Waals surface area contributed by atoms with Crippen LogP contribution in [0, 0.1) is 0 Å². The molecule has 120 valence electrons. The highest BCUT2D eigenvalue weighted by Crippen LogP contribution is 2.24. The SMILES string of the molecule is O=C(c1cccc2cccnc12)N1C[C@@H](O)[C@H](N2CCCC2)C1. The molecule has 0 spiro atoms. The Balaban J connectivity index is 1.59. The number of rotatable bonds is 2. The molecule has 4 rings (SSSR count). The van der Waals surface area contributed by atoms with Crippen molar-refractivity contribution >= 4 is 16.8 Å². The lowest BCUT2D eigenvalue weighted by molar-refractivity contribution is 0.0765. The van der Waals surface area contributed by atoms with Crippen LogP contribution in [-0.4, -0.2) is 64.1 Å². The Morgan fingerprint density at radius 2 is 1.91 bits per heavy atom. The van der Waals surface area contributed by atoms with Crippen LogP contribution in [0.3, 0.4) is 0 Å². The van der Waals surface area contributed by atoms with Gasteiger partial charge < -0.3 is 10.0 Å². The monoisotopic (exact) mass is 311 g/mol. The molecule has 2 fully saturated rings. The van der Waals surface area contributed by atoms with Gasteiger partial charge in [0.2, 0.25) is 0 Å². The fourth-order valence-electron chi connectivity index (χ4n) is 3.81. The Bertz CT molecular complexity index is 722. The van der Waals surface area contributed by atoms with Gasteiger partial charge in [-0.2, -0.15) is 0 Å². The zero-order valence-electron chi connectivity index (χ0n) is 13.1. The molecule has 1 aromatic carbocycles. The largest absolute Gasteiger partial charge is 0.390 e. The third kappa shape index (κ3) is 2.60. The molecule has 1 amide bonds. The highest BCUT2D eigenvalue weighted by atomic mass is 16.3. The molecule has 5 nitrogen and oxygen atoms in total. The van der Waals surface area contributed by atoms with Crippen LogP contribution in [0.2, 0.25) is 0 Å². The Morgan fingerprint density at radius 3 is 2.74 bits per heavy atom. The molecule has 2 aromatic rings. The van der Waals surface area contributed by atoms with Crippen LogP contribution in [0.15, 0.2) is 36.5 Å². The molecule has 2 atom stereocenters. The highest BCUT2D eigenvalue weighted by molar-refractivity contribution is 6.05. The number of para-hydroxylation sites is 1. The van der Waals surface area contributed by atoms with Gasteiger partial charge in [0.05, 0.1) is 23.2 Å². The first-order chi connectivity index (χ1) is 11.2. The molecule has 0 radical (unpaired) electrons. The molecule has 2 saturated heterocycles. The molecule has 5 heteroatoms. The van der Waals surface area contributed by atoms with Gasteiger partial charge in [-0.1, -0.05) is 18.2 Å². The highest BCUT2D eigenvalue weighted by Gasteiger charge is 2.38. The van der Waals surface area contributed by atoms with Crippen LogP contribution in [0.5, 0.6) is 0 Å². The molecule has 2 aliphatic rings. The molecule has 0 saturated carbocycles. The molecule has 0 unspecified atom stereocenters. The van der Waals surface area contributed by atoms with E-state index >= 15 is 0 Å². The summed E-state index contributed by atoms with van der Waals surface area (Å²) in [5.74, 6) is -0.0324. The number of hydrogen-bond donors (Lipinski definition) is 1. The van der Waals surface area contributed by atoms with E-state index in [1.807, 2.05) is 30.3 Å². The van der Waals surface area contributed by atoms with E-state index in [0.717, 1.165) is 24.0 Å². The van der Waals surface area contributed by atoms with Gasteiger partial charge in [0.15, 0.2) is 0 Å². The Hall–Kier alpha value is -1.98. The number of aliphatic hydroxyl groups excluding tert-OH is 1. The van der Waals surface area contributed by atoms with Crippen molar-refractivity contribution in [2.45, 2.75) is 25.0 Å². The van der Waals surface area contributed by atoms with Crippen LogP contribution in [0.1, 0.15) is 23.2 Å². The summed E-state index contributed by atoms with van der Waals surface area (Å²) < 4.78 is 0. The second-order valence-corrected chi connectivity index (χ2v) is 6.47. The Labute approximate surface area is 135 Å². The number of benzene rings is 1. The molecule has 1 aromatic heterocycles. The number of aromatic nitrogens is 1. The minimum Gasteiger partial charge on any atom is -0.390 e. The number of nitrogens with zero attached hydrogens (tertiary/aromatic N) is 3. The zero-order valence-corrected chi connectivity index (χ0v) is 13.1. The van der Waals surface area contributed by atoms with E-state index in [2.05, 4.69) is 9.88 Å². The van der Waals surface area contributed by atoms with Crippen LogP contribution in [0.4, 0.5) is 0 Å². The summed E-state index contributed by atoms with van der Waals surface area (Å²) in [4.78, 5) is 21.4. The van der Waals surface area contributed by atoms with Crippen molar-refractivity contribution in [1.82, 2.24) is 14.8 Å². The van der Waals surface area contributed by atoms with Crippen molar-refractivity contribution in [1.29, 1.82) is 0 Å². The molecule has 0 bridgehead atoms. The van der Waals surface area contributed by atoms with Crippen molar-refractivity contribution in [2.75, 3.05) is 26.2 Å². The summed E-state index contributed by atoms with van der Waals surface area (Å²) in [5, 5.41) is 11.3. The third-order valence-electron chi connectivity index (χ3n) is 5.02. The fraction of sp³-hybridized carbons (Fsp3) is 0.444. The van der Waals surface area contributed by atoms with E-state index < -0.39 is 6.10 Å². The predicted octanol–water partition coefficient (Wildman–Crippen LogP) is 1.52. The maximum absolute atomic E-state index is 12.9. The standard InChI is InChI=1S/C18H21N3O2/c22-16-12-21(11-15(16)20-9-1-2-10-20)18(23)14-7-3-5-13-6-4-8-19-17(13)14/h3-8,15-16,22H,1-2,9-12H2/t15-,16-/m1/s1. The first kappa shape index (κ1) is 14.6. The third-order valence-corrected chi connectivity index (χ3v) is 5.02. The number of hydrogen-bond acceptors (Lipinski definition) is 4. The number of β-amino-alcohol motifs (C(OH)–C–C–N with tert-alkyl or cyclic N) is 1. The number of carbonyl (C=O) groups is 1. The number of pyridine rings is 1. The normalized spacial score (nSPS) is 25.3. The van der Waals surface area contributed by atoms with Crippen molar-refractivity contribution < 1.29 is 9.90 Å². The first-order valence-electron chi connectivity index (χ1n) is 8.29. The molecule has 23 heavy (non-hydrogen) atoms. The van der Waals surface area contributed by atoms with Crippen LogP contribution in [0.25, 0.3) is 10.9 Å². The lowest BCUT2D eigenvalue weighted by atomic mass is 10.1. The van der Waals surface area contributed by atoms with E-state index in [0.29, 0.717) is 18.7 Å². The molecule has 0 aliphatic carbocycles. The van der Waals surface area contributed by atoms with Gasteiger partial charge in [0, 0.05) is 24.7 Å². The minimum atomic E-state index is -0.458. The Kier molecular flexibility index (Phi) is 3.75. The number of amides is 1. The van der Waals surface area contributed by atoms with Gasteiger partial charge in [-0.25, -0.2) is 0 Å². The summed E-state index contributed by atoms with van der Waals surface area (Å²) in [6.45, 7) is 3.06. The van der Waals surface area contributed by atoms with Crippen LogP contribution in [-0.2, 0) is 0 Å². The smallest absolute Gasteiger partial charge is 0.256 e. The quantitative estimate of drug-likeness (QED) is 0.913. The topological polar surface area (TPSA) is 56.7 Å². The van der Waals surface area contributed by atoms with Gasteiger partial charge in [-0.05, 0) is 38.1 Å². The van der Waals surface area contributed by atoms with Crippen LogP contribution >= 0.6 is 0 Å². The average molecular weight is 311 g/mol. The lowest BCUT2D eigenvalue weighted by Crippen LogP contribution is -2.41. The maximum atomic E-state index is 12.9. The number of aliphatic hydroxyl groups is 1. The molecular weight excluding hydrogens is 290 g/mol. The van der Waals surface area contributed by atoms with Gasteiger partial charge in [0.25, 0.3) is 5.91 Å². The van der Waals surface area contributed by atoms with Crippen molar-refractivity contribution in [2.24, 2.45) is 0 Å². The van der Waals surface area contributed by atoms with Gasteiger partial charge in [-0.15, -0.1) is 0 Å². The number of fused-ring (bicyclic) bond motifs is 1. The summed E-state index contributed by atoms with van der Waals surface area (Å²) in [5.41, 5.74) is 1.36. The van der Waals surface area contributed by atoms with Gasteiger partial charge in [0.1, 0.15) is 0 Å². The van der Waals surface area contributed by atoms with Gasteiger partial charge in [-0.3, -0.25) is 14.7 Å². The van der Waals surface area contributed by atoms with Crippen molar-refractivity contribution in [3.8, 4) is 0 Å². The number of carbonyl (C=O) groups excluding carboxylic acids is 1. The second-order valence-electron chi connectivity index (χ2n) is 6.47. The van der Waals surface area contributed by atoms with Gasteiger partial charge >= 0.3 is 0 Å². The summed E-state index contributed by atoms with van der Waals surface area (Å²) in [7, 11) is 0. The maximum Gasteiger partial charge on any atom is 0.256 e. The van der Waals surface area contributed by atoms with E-state index in [4.69, 9.17) is 0 Å². The molecule has 1 N–H and O–H groups in total. The van der Waals surface area contributed by atoms with Crippen molar-refractivity contribution in [3.63, 3.8) is 0 Å². The van der Waals surface area contributed by atoms with E-state index in [9.17, 15) is 9.90 Å². The molecular formula is C18H21N3O2. The minimum absolute atomic E-state index is 0.0324. The molecule has 3 heterocycles. The summed E-state index contributed by atoms with van der Waals surface area (Å²) >= 11 is 0. The number of likely N-dealkylation sites (tertiary alicyclic amines) is 2. The van der Waals surface area contributed by atoms with Crippen LogP contribution < -0.4 is 0 Å². The van der Waals surface area contributed by atoms with E-state index in [1.165, 1.54) is 12.8 Å². The van der Waals surface area contributed by atoms with E-state index in [-0.39, 0.29) is 11.9 Å². The predicted molar refractivity (Wildman–Crippen MR) is 88.2 cm³/mol. The van der Waals surface area contributed by atoms with Crippen molar-refractivity contribution in [3.05, 3.63) is 42.1 Å². The zero-order chi connectivity index (χ0) is 15.8. The fourth-order valence-corrected chi connectivity index (χ4v) is 3.81. The Morgan fingerprint density at radius 1 is 1.13 bits per heavy atom. The average Bonchev–Trinajstić information content (AvgIpc) is 3.23.